The highest BCUT2D eigenvalue weighted by Gasteiger charge is 2.29. The first-order chi connectivity index (χ1) is 9.54. The minimum absolute atomic E-state index is 0.0602. The van der Waals surface area contributed by atoms with E-state index in [1.807, 2.05) is 11.8 Å². The first-order valence-electron chi connectivity index (χ1n) is 6.48. The highest BCUT2D eigenvalue weighted by atomic mass is 16.6. The molecule has 0 radical (unpaired) electrons. The molecule has 20 heavy (non-hydrogen) atoms. The number of carbonyl (C=O) groups is 1. The number of piperazine rings is 1. The van der Waals surface area contributed by atoms with Crippen LogP contribution in [0.3, 0.4) is 0 Å². The van der Waals surface area contributed by atoms with Gasteiger partial charge < -0.3 is 15.5 Å². The molecule has 2 N–H and O–H groups in total. The van der Waals surface area contributed by atoms with Gasteiger partial charge in [0.15, 0.2) is 0 Å². The standard InChI is InChI=1S/C13H18N4O3/c1-9-7-10(17(19)20)3-4-11(9)16-6-5-15-8-12(16)13(18)14-2/h3-4,7,12,15H,5-6,8H2,1-2H3,(H,14,18). The summed E-state index contributed by atoms with van der Waals surface area (Å²) in [6.07, 6.45) is 0. The van der Waals surface area contributed by atoms with Gasteiger partial charge in [0.2, 0.25) is 5.91 Å². The Labute approximate surface area is 117 Å². The van der Waals surface area contributed by atoms with Gasteiger partial charge in [-0.1, -0.05) is 0 Å². The zero-order chi connectivity index (χ0) is 14.7. The molecule has 1 saturated heterocycles. The van der Waals surface area contributed by atoms with E-state index >= 15 is 0 Å². The number of hydrogen-bond acceptors (Lipinski definition) is 5. The van der Waals surface area contributed by atoms with E-state index in [2.05, 4.69) is 10.6 Å². The van der Waals surface area contributed by atoms with Gasteiger partial charge in [-0.15, -0.1) is 0 Å². The van der Waals surface area contributed by atoms with Crippen molar-refractivity contribution in [2.24, 2.45) is 0 Å². The maximum Gasteiger partial charge on any atom is 0.269 e. The largest absolute Gasteiger partial charge is 0.357 e. The molecular formula is C13H18N4O3. The molecule has 0 aliphatic carbocycles. The summed E-state index contributed by atoms with van der Waals surface area (Å²) < 4.78 is 0. The summed E-state index contributed by atoms with van der Waals surface area (Å²) in [6.45, 7) is 3.86. The van der Waals surface area contributed by atoms with Gasteiger partial charge in [-0.25, -0.2) is 0 Å². The number of aryl methyl sites for hydroxylation is 1. The molecular weight excluding hydrogens is 260 g/mol. The van der Waals surface area contributed by atoms with Crippen molar-refractivity contribution in [3.8, 4) is 0 Å². The summed E-state index contributed by atoms with van der Waals surface area (Å²) in [5.41, 5.74) is 1.73. The zero-order valence-electron chi connectivity index (χ0n) is 11.5. The molecule has 0 spiro atoms. The Morgan fingerprint density at radius 3 is 2.90 bits per heavy atom. The lowest BCUT2D eigenvalue weighted by molar-refractivity contribution is -0.384. The number of benzene rings is 1. The Kier molecular flexibility index (Phi) is 4.19. The third kappa shape index (κ3) is 2.72. The third-order valence-electron chi connectivity index (χ3n) is 3.49. The number of nitrogens with zero attached hydrogens (tertiary/aromatic N) is 2. The van der Waals surface area contributed by atoms with Crippen LogP contribution in [0.1, 0.15) is 5.56 Å². The number of likely N-dealkylation sites (N-methyl/N-ethyl adjacent to an activating group) is 1. The fourth-order valence-corrected chi connectivity index (χ4v) is 2.47. The van der Waals surface area contributed by atoms with Crippen LogP contribution < -0.4 is 15.5 Å². The zero-order valence-corrected chi connectivity index (χ0v) is 11.5. The average Bonchev–Trinajstić information content (AvgIpc) is 2.46. The van der Waals surface area contributed by atoms with Gasteiger partial charge in [0.25, 0.3) is 5.69 Å². The van der Waals surface area contributed by atoms with Crippen LogP contribution in [0.4, 0.5) is 11.4 Å². The summed E-state index contributed by atoms with van der Waals surface area (Å²) in [4.78, 5) is 24.3. The van der Waals surface area contributed by atoms with E-state index in [1.54, 1.807) is 13.1 Å². The van der Waals surface area contributed by atoms with E-state index in [0.717, 1.165) is 17.8 Å². The lowest BCUT2D eigenvalue weighted by atomic mass is 10.1. The summed E-state index contributed by atoms with van der Waals surface area (Å²) in [6, 6.07) is 4.44. The lowest BCUT2D eigenvalue weighted by Crippen LogP contribution is -2.57. The molecule has 0 aromatic heterocycles. The smallest absolute Gasteiger partial charge is 0.269 e. The SMILES string of the molecule is CNC(=O)C1CNCCN1c1ccc([N+](=O)[O-])cc1C. The number of anilines is 1. The molecule has 1 aromatic rings. The van der Waals surface area contributed by atoms with Gasteiger partial charge in [0, 0.05) is 44.5 Å². The Hall–Kier alpha value is -2.15. The van der Waals surface area contributed by atoms with E-state index in [0.29, 0.717) is 13.1 Å². The van der Waals surface area contributed by atoms with Gasteiger partial charge in [0.05, 0.1) is 4.92 Å². The molecule has 7 nitrogen and oxygen atoms in total. The molecule has 0 saturated carbocycles. The van der Waals surface area contributed by atoms with E-state index in [9.17, 15) is 14.9 Å². The molecule has 1 amide bonds. The number of hydrogen-bond donors (Lipinski definition) is 2. The molecule has 1 unspecified atom stereocenters. The first-order valence-corrected chi connectivity index (χ1v) is 6.48. The first kappa shape index (κ1) is 14.3. The minimum Gasteiger partial charge on any atom is -0.357 e. The quantitative estimate of drug-likeness (QED) is 0.618. The average molecular weight is 278 g/mol. The Morgan fingerprint density at radius 1 is 1.55 bits per heavy atom. The van der Waals surface area contributed by atoms with E-state index < -0.39 is 4.92 Å². The Morgan fingerprint density at radius 2 is 2.30 bits per heavy atom. The van der Waals surface area contributed by atoms with Crippen molar-refractivity contribution in [3.05, 3.63) is 33.9 Å². The summed E-state index contributed by atoms with van der Waals surface area (Å²) in [7, 11) is 1.61. The van der Waals surface area contributed by atoms with E-state index in [4.69, 9.17) is 0 Å². The molecule has 1 heterocycles. The molecule has 1 aliphatic heterocycles. The number of nitrogens with one attached hydrogen (secondary N) is 2. The molecule has 1 atom stereocenters. The van der Waals surface area contributed by atoms with E-state index in [1.165, 1.54) is 12.1 Å². The molecule has 7 heteroatoms. The lowest BCUT2D eigenvalue weighted by Gasteiger charge is -2.37. The highest BCUT2D eigenvalue weighted by Crippen LogP contribution is 2.26. The predicted molar refractivity (Wildman–Crippen MR) is 75.9 cm³/mol. The second-order valence-corrected chi connectivity index (χ2v) is 4.76. The van der Waals surface area contributed by atoms with Crippen LogP contribution in [-0.2, 0) is 4.79 Å². The third-order valence-corrected chi connectivity index (χ3v) is 3.49. The molecule has 1 fully saturated rings. The summed E-state index contributed by atoms with van der Waals surface area (Å²) in [5.74, 6) is -0.0602. The number of amides is 1. The second kappa shape index (κ2) is 5.87. The van der Waals surface area contributed by atoms with Gasteiger partial charge >= 0.3 is 0 Å². The Balaban J connectivity index is 2.32. The fourth-order valence-electron chi connectivity index (χ4n) is 2.47. The van der Waals surface area contributed by atoms with Crippen LogP contribution >= 0.6 is 0 Å². The van der Waals surface area contributed by atoms with Crippen LogP contribution in [0.5, 0.6) is 0 Å². The van der Waals surface area contributed by atoms with Crippen molar-refractivity contribution in [2.75, 3.05) is 31.6 Å². The van der Waals surface area contributed by atoms with Crippen molar-refractivity contribution in [2.45, 2.75) is 13.0 Å². The molecule has 108 valence electrons. The Bertz CT molecular complexity index is 532. The molecule has 0 bridgehead atoms. The summed E-state index contributed by atoms with van der Waals surface area (Å²) in [5, 5.41) is 16.6. The molecule has 1 aromatic carbocycles. The number of non-ortho nitro benzene ring substituents is 1. The number of nitro benzene ring substituents is 1. The number of rotatable bonds is 3. The van der Waals surface area contributed by atoms with Crippen LogP contribution in [0, 0.1) is 17.0 Å². The normalized spacial score (nSPS) is 18.7. The van der Waals surface area contributed by atoms with E-state index in [-0.39, 0.29) is 17.6 Å². The van der Waals surface area contributed by atoms with Crippen molar-refractivity contribution in [1.82, 2.24) is 10.6 Å². The predicted octanol–water partition coefficient (Wildman–Crippen LogP) is 0.427. The molecule has 1 aliphatic rings. The van der Waals surface area contributed by atoms with Crippen molar-refractivity contribution in [3.63, 3.8) is 0 Å². The topological polar surface area (TPSA) is 87.5 Å². The van der Waals surface area contributed by atoms with Gasteiger partial charge in [0.1, 0.15) is 6.04 Å². The monoisotopic (exact) mass is 278 g/mol. The number of nitro groups is 1. The summed E-state index contributed by atoms with van der Waals surface area (Å²) >= 11 is 0. The van der Waals surface area contributed by atoms with Crippen molar-refractivity contribution >= 4 is 17.3 Å². The number of carbonyl (C=O) groups excluding carboxylic acids is 1. The maximum atomic E-state index is 11.9. The van der Waals surface area contributed by atoms with Crippen LogP contribution in [0.15, 0.2) is 18.2 Å². The molecule has 2 rings (SSSR count). The fraction of sp³-hybridized carbons (Fsp3) is 0.462. The maximum absolute atomic E-state index is 11.9. The van der Waals surface area contributed by atoms with Crippen LogP contribution in [0.2, 0.25) is 0 Å². The van der Waals surface area contributed by atoms with Gasteiger partial charge in [-0.2, -0.15) is 0 Å². The van der Waals surface area contributed by atoms with Crippen LogP contribution in [0.25, 0.3) is 0 Å². The second-order valence-electron chi connectivity index (χ2n) is 4.76. The highest BCUT2D eigenvalue weighted by molar-refractivity contribution is 5.86. The van der Waals surface area contributed by atoms with Crippen LogP contribution in [-0.4, -0.2) is 43.6 Å². The minimum atomic E-state index is -0.412. The van der Waals surface area contributed by atoms with Gasteiger partial charge in [-0.3, -0.25) is 14.9 Å². The van der Waals surface area contributed by atoms with Gasteiger partial charge in [-0.05, 0) is 18.6 Å². The van der Waals surface area contributed by atoms with Crippen molar-refractivity contribution in [1.29, 1.82) is 0 Å². The van der Waals surface area contributed by atoms with Crippen molar-refractivity contribution < 1.29 is 9.72 Å².